The molecule has 5 aliphatic heterocycles. The zero-order chi connectivity index (χ0) is 68.1. The van der Waals surface area contributed by atoms with Crippen molar-refractivity contribution in [1.29, 1.82) is 0 Å². The summed E-state index contributed by atoms with van der Waals surface area (Å²) in [5.74, 6) is -0.653. The molecular weight excluding hydrogens is 1250 g/mol. The van der Waals surface area contributed by atoms with E-state index in [1.54, 1.807) is 28.8 Å². The van der Waals surface area contributed by atoms with E-state index in [0.29, 0.717) is 44.9 Å². The molecule has 8 atom stereocenters. The zero-order valence-electron chi connectivity index (χ0n) is 55.6. The first-order valence-electron chi connectivity index (χ1n) is 32.4. The molecule has 10 rings (SSSR count). The minimum Gasteiger partial charge on any atom is -0.390 e. The van der Waals surface area contributed by atoms with Crippen molar-refractivity contribution in [2.24, 2.45) is 5.92 Å². The Kier molecular flexibility index (Phi) is 29.9. The van der Waals surface area contributed by atoms with E-state index in [4.69, 9.17) is 77.4 Å². The predicted octanol–water partition coefficient (Wildman–Crippen LogP) is 12.3. The number of aryl methyl sites for hydroxylation is 2. The molecule has 0 spiro atoms. The van der Waals surface area contributed by atoms with Crippen LogP contribution in [0.3, 0.4) is 0 Å². The highest BCUT2D eigenvalue weighted by atomic mass is 35.5. The number of aromatic nitrogens is 4. The molecular formula is C70H93Cl3F2N12O6. The molecule has 0 bridgehead atoms. The average Bonchev–Trinajstić information content (AvgIpc) is 1.42. The molecule has 2 aromatic heterocycles. The second-order valence-corrected chi connectivity index (χ2v) is 25.8. The van der Waals surface area contributed by atoms with Crippen LogP contribution in [0.5, 0.6) is 12.0 Å². The third-order valence-electron chi connectivity index (χ3n) is 18.8. The third kappa shape index (κ3) is 20.4. The number of ether oxygens (including phenoxy) is 2. The van der Waals surface area contributed by atoms with Crippen LogP contribution in [0.2, 0.25) is 0 Å². The van der Waals surface area contributed by atoms with Crippen LogP contribution in [0.4, 0.5) is 20.2 Å². The number of carbonyl (C=O) groups is 4. The maximum Gasteiger partial charge on any atom is 0.331 e. The van der Waals surface area contributed by atoms with Gasteiger partial charge in [-0.2, -0.15) is 19.9 Å². The maximum atomic E-state index is 14.0. The number of piperidine rings is 1. The molecule has 93 heavy (non-hydrogen) atoms. The highest BCUT2D eigenvalue weighted by Gasteiger charge is 2.41. The van der Waals surface area contributed by atoms with E-state index in [0.717, 1.165) is 97.3 Å². The Bertz CT molecular complexity index is 3300. The molecule has 1 saturated carbocycles. The van der Waals surface area contributed by atoms with Gasteiger partial charge in [0.15, 0.2) is 0 Å². The van der Waals surface area contributed by atoms with Gasteiger partial charge in [0, 0.05) is 74.7 Å². The Hall–Kier alpha value is -6.65. The van der Waals surface area contributed by atoms with Crippen LogP contribution < -0.4 is 19.3 Å². The number of anilines is 2. The highest BCUT2D eigenvalue weighted by molar-refractivity contribution is 6.66. The van der Waals surface area contributed by atoms with Crippen LogP contribution in [0, 0.1) is 46.8 Å². The molecule has 0 N–H and O–H groups in total. The van der Waals surface area contributed by atoms with Gasteiger partial charge in [-0.3, -0.25) is 19.4 Å². The number of likely N-dealkylation sites (N-methyl/N-ethyl adjacent to an activating group) is 2. The largest absolute Gasteiger partial charge is 0.390 e. The van der Waals surface area contributed by atoms with Crippen LogP contribution in [0.1, 0.15) is 140 Å². The number of alkyl halides is 4. The van der Waals surface area contributed by atoms with Crippen molar-refractivity contribution in [2.75, 3.05) is 94.7 Å². The smallest absolute Gasteiger partial charge is 0.331 e. The number of amides is 1. The molecule has 3 saturated heterocycles. The number of benzene rings is 2. The normalized spacial score (nSPS) is 22.4. The summed E-state index contributed by atoms with van der Waals surface area (Å²) in [4.78, 5) is 86.4. The maximum absolute atomic E-state index is 14.0. The highest BCUT2D eigenvalue weighted by Crippen LogP contribution is 2.41. The summed E-state index contributed by atoms with van der Waals surface area (Å²) in [6, 6.07) is 11.1. The third-order valence-corrected chi connectivity index (χ3v) is 18.9. The van der Waals surface area contributed by atoms with Gasteiger partial charge in [-0.25, -0.2) is 31.5 Å². The molecule has 1 aliphatic carbocycles. The first-order valence-corrected chi connectivity index (χ1v) is 33.8. The van der Waals surface area contributed by atoms with Crippen molar-refractivity contribution < 1.29 is 37.4 Å². The summed E-state index contributed by atoms with van der Waals surface area (Å²) in [6.45, 7) is 44.5. The first-order chi connectivity index (χ1) is 44.6. The van der Waals surface area contributed by atoms with Crippen molar-refractivity contribution >= 4 is 69.3 Å². The Balaban J connectivity index is 0.000000243. The molecule has 2 unspecified atom stereocenters. The summed E-state index contributed by atoms with van der Waals surface area (Å²) in [7, 11) is 3.45. The lowest BCUT2D eigenvalue weighted by atomic mass is 9.78. The molecule has 23 heteroatoms. The number of nitrogens with zero attached hydrogens (tertiary/aromatic N) is 12. The van der Waals surface area contributed by atoms with Crippen LogP contribution in [0.25, 0.3) is 9.69 Å². The molecule has 6 aliphatic rings. The van der Waals surface area contributed by atoms with Gasteiger partial charge in [-0.1, -0.05) is 64.6 Å². The lowest BCUT2D eigenvalue weighted by Crippen LogP contribution is -2.46. The number of rotatable bonds is 15. The lowest BCUT2D eigenvalue weighted by Gasteiger charge is -2.38. The number of allylic oxidation sites excluding steroid dienone is 1. The van der Waals surface area contributed by atoms with Crippen LogP contribution in [-0.4, -0.2) is 178 Å². The lowest BCUT2D eigenvalue weighted by molar-refractivity contribution is -0.140. The number of carbonyl (C=O) groups excluding carboxylic acids is 4. The average molecular weight is 1340 g/mol. The molecule has 4 aromatic rings. The Morgan fingerprint density at radius 1 is 0.667 bits per heavy atom. The number of hydrogen-bond donors (Lipinski definition) is 0. The number of halogens is 5. The monoisotopic (exact) mass is 1340 g/mol. The van der Waals surface area contributed by atoms with Crippen molar-refractivity contribution in [3.63, 3.8) is 0 Å². The number of fused-ring (bicyclic) bond motifs is 2. The van der Waals surface area contributed by atoms with Crippen molar-refractivity contribution in [2.45, 2.75) is 168 Å². The molecule has 0 radical (unpaired) electrons. The van der Waals surface area contributed by atoms with Gasteiger partial charge in [0.25, 0.3) is 0 Å². The number of likely N-dealkylation sites (tertiary alicyclic amines) is 3. The van der Waals surface area contributed by atoms with Gasteiger partial charge in [-0.15, -0.1) is 23.2 Å². The topological polar surface area (TPSA) is 166 Å². The molecule has 7 heterocycles. The van der Waals surface area contributed by atoms with Crippen molar-refractivity contribution in [3.05, 3.63) is 141 Å². The Morgan fingerprint density at radius 3 is 1.51 bits per heavy atom. The fourth-order valence-electron chi connectivity index (χ4n) is 13.4. The Morgan fingerprint density at radius 2 is 1.12 bits per heavy atom. The van der Waals surface area contributed by atoms with Crippen molar-refractivity contribution in [1.82, 2.24) is 39.5 Å². The van der Waals surface area contributed by atoms with Crippen molar-refractivity contribution in [3.8, 4) is 12.0 Å². The van der Waals surface area contributed by atoms with Gasteiger partial charge in [-0.05, 0) is 176 Å². The van der Waals surface area contributed by atoms with E-state index >= 15 is 0 Å². The summed E-state index contributed by atoms with van der Waals surface area (Å²) >= 11 is 14.2. The fourth-order valence-corrected chi connectivity index (χ4v) is 13.4. The van der Waals surface area contributed by atoms with Crippen LogP contribution in [-0.2, 0) is 45.1 Å². The first kappa shape index (κ1) is 75.4. The summed E-state index contributed by atoms with van der Waals surface area (Å²) in [5.41, 5.74) is 13.0. The standard InChI is InChI=1S/C31H37FN6O3.C29H36FN5O2.C6H15N.C3H3ClO.CH2Cl2/c1-6-28(39)38-13-10-21(14-23(38)16-33-4)29-24-11-12-37(26-9-7-8-19(2)20(26)3)18-25(24)34-31(35-29)41-30(40)27-15-22(32)17-36(27)5;1-18-7-5-10-25(19(18)2)35-12-11-23-24(17-35)32-29(37-28(36)26-14-22(30)16-34(26)4)33-27(23)21-9-6-8-20(13-21)15-31-3;1-4-7(5-2)6-3;1-2-3(4)5;2-1-3/h6-9,21-23,27H,1,10-18H2,2-3,5H3;5,7,10,20-22,26H,6,8-9,11-17H2,1-2,4H3;4-6H2,1-3H3;2H,1H2;1H2/t21?,22-,23-,27+;20-,21?,22-,26+;;;/m11.../s1. The number of hydrogen-bond acceptors (Lipinski definition) is 15. The molecule has 18 nitrogen and oxygen atoms in total. The second-order valence-electron chi connectivity index (χ2n) is 24.6. The van der Waals surface area contributed by atoms with E-state index in [2.05, 4.69) is 122 Å². The minimum atomic E-state index is -1.08. The Labute approximate surface area is 564 Å². The van der Waals surface area contributed by atoms with E-state index < -0.39 is 41.6 Å². The van der Waals surface area contributed by atoms with E-state index in [9.17, 15) is 28.0 Å². The van der Waals surface area contributed by atoms with Gasteiger partial charge in [0.05, 0.1) is 41.2 Å². The van der Waals surface area contributed by atoms with Gasteiger partial charge in [0.2, 0.25) is 24.2 Å². The second kappa shape index (κ2) is 36.9. The van der Waals surface area contributed by atoms with Crippen LogP contribution in [0.15, 0.2) is 61.7 Å². The van der Waals surface area contributed by atoms with E-state index in [1.807, 2.05) is 0 Å². The molecule has 4 fully saturated rings. The molecule has 504 valence electrons. The molecule has 2 aromatic carbocycles. The fraction of sp³-hybridized carbons (Fsp3) is 0.571. The summed E-state index contributed by atoms with van der Waals surface area (Å²) in [5, 5.41) is -0.315. The van der Waals surface area contributed by atoms with E-state index in [-0.39, 0.29) is 73.6 Å². The quantitative estimate of drug-likeness (QED) is 0.0362. The van der Waals surface area contributed by atoms with Gasteiger partial charge in [0.1, 0.15) is 30.5 Å². The predicted molar refractivity (Wildman–Crippen MR) is 365 cm³/mol. The minimum absolute atomic E-state index is 0.0198. The van der Waals surface area contributed by atoms with Gasteiger partial charge >= 0.3 is 24.0 Å². The van der Waals surface area contributed by atoms with Crippen LogP contribution >= 0.6 is 34.8 Å². The summed E-state index contributed by atoms with van der Waals surface area (Å²) < 4.78 is 39.4. The SMILES string of the molecule is C=CC(=O)Cl.CCN(CC)CC.ClCCl.[C-]#[N+]C[C@@H]1CCCC(c2nc(OC(=O)[C@@H]3C[C@@H](F)CN3C)nc3c2CCN(c2cccc(C)c2C)C3)C1.[C-]#[N+]C[C@H]1CC(c2nc(OC(=O)[C@@H]3C[C@@H](F)CN3C)nc3c2CCN(c2cccc(C)c2C)C3)CCN1C(=O)C=C. The summed E-state index contributed by atoms with van der Waals surface area (Å²) in [6.07, 6.45) is 7.33. The number of esters is 2. The zero-order valence-corrected chi connectivity index (χ0v) is 57.9. The molecule has 1 amide bonds. The van der Waals surface area contributed by atoms with Gasteiger partial charge < -0.3 is 38.8 Å². The van der Waals surface area contributed by atoms with E-state index in [1.165, 1.54) is 53.7 Å².